The molecule has 1 aliphatic rings. The van der Waals surface area contributed by atoms with Crippen LogP contribution in [-0.4, -0.2) is 59.5 Å². The molecule has 2 heterocycles. The first-order valence-electron chi connectivity index (χ1n) is 12.7. The molecule has 0 spiro atoms. The van der Waals surface area contributed by atoms with Gasteiger partial charge in [0.1, 0.15) is 11.6 Å². The van der Waals surface area contributed by atoms with E-state index in [1.165, 1.54) is 12.1 Å². The Morgan fingerprint density at radius 2 is 1.53 bits per heavy atom. The molecule has 6 nitrogen and oxygen atoms in total. The number of benzene rings is 3. The SMILES string of the molecule is COc1cccc(-n2c(-c3ccccc3)cc(C(=O)N3CCN(C(=O)Cc4ccc(F)cc4)CC3)c2C)c1. The fourth-order valence-electron chi connectivity index (χ4n) is 4.94. The molecular formula is C31H30FN3O3. The zero-order valence-electron chi connectivity index (χ0n) is 21.6. The van der Waals surface area contributed by atoms with Gasteiger partial charge in [-0.15, -0.1) is 0 Å². The van der Waals surface area contributed by atoms with Crippen LogP contribution >= 0.6 is 0 Å². The smallest absolute Gasteiger partial charge is 0.255 e. The van der Waals surface area contributed by atoms with Gasteiger partial charge in [0.25, 0.3) is 5.91 Å². The summed E-state index contributed by atoms with van der Waals surface area (Å²) in [4.78, 5) is 30.1. The number of ether oxygens (including phenoxy) is 1. The summed E-state index contributed by atoms with van der Waals surface area (Å²) in [5.41, 5.74) is 5.10. The number of methoxy groups -OCH3 is 1. The zero-order chi connectivity index (χ0) is 26.6. The van der Waals surface area contributed by atoms with Crippen LogP contribution in [0.5, 0.6) is 5.75 Å². The summed E-state index contributed by atoms with van der Waals surface area (Å²) in [6, 6.07) is 25.7. The Bertz CT molecular complexity index is 1440. The van der Waals surface area contributed by atoms with Gasteiger partial charge < -0.3 is 19.1 Å². The zero-order valence-corrected chi connectivity index (χ0v) is 21.6. The van der Waals surface area contributed by atoms with Crippen LogP contribution in [0.15, 0.2) is 84.9 Å². The maximum absolute atomic E-state index is 13.7. The van der Waals surface area contributed by atoms with Gasteiger partial charge in [-0.1, -0.05) is 48.5 Å². The van der Waals surface area contributed by atoms with Crippen molar-refractivity contribution >= 4 is 11.8 Å². The van der Waals surface area contributed by atoms with Crippen LogP contribution in [0.1, 0.15) is 21.6 Å². The lowest BCUT2D eigenvalue weighted by molar-refractivity contribution is -0.131. The largest absolute Gasteiger partial charge is 0.497 e. The van der Waals surface area contributed by atoms with Gasteiger partial charge in [-0.2, -0.15) is 0 Å². The molecule has 3 aromatic carbocycles. The lowest BCUT2D eigenvalue weighted by Gasteiger charge is -2.35. The summed E-state index contributed by atoms with van der Waals surface area (Å²) in [5, 5.41) is 0. The highest BCUT2D eigenvalue weighted by molar-refractivity contribution is 5.97. The second-order valence-corrected chi connectivity index (χ2v) is 9.41. The number of carbonyl (C=O) groups excluding carboxylic acids is 2. The molecule has 5 rings (SSSR count). The third-order valence-electron chi connectivity index (χ3n) is 7.05. The van der Waals surface area contributed by atoms with Crippen molar-refractivity contribution in [1.82, 2.24) is 14.4 Å². The van der Waals surface area contributed by atoms with Gasteiger partial charge in [-0.3, -0.25) is 9.59 Å². The molecule has 1 fully saturated rings. The molecule has 0 saturated carbocycles. The molecule has 38 heavy (non-hydrogen) atoms. The van der Waals surface area contributed by atoms with Crippen LogP contribution in [0.3, 0.4) is 0 Å². The average molecular weight is 512 g/mol. The second-order valence-electron chi connectivity index (χ2n) is 9.41. The third-order valence-corrected chi connectivity index (χ3v) is 7.05. The van der Waals surface area contributed by atoms with Crippen molar-refractivity contribution < 1.29 is 18.7 Å². The van der Waals surface area contributed by atoms with Crippen molar-refractivity contribution in [1.29, 1.82) is 0 Å². The normalized spacial score (nSPS) is 13.4. The fraction of sp³-hybridized carbons (Fsp3) is 0.226. The van der Waals surface area contributed by atoms with E-state index in [0.717, 1.165) is 34.0 Å². The van der Waals surface area contributed by atoms with Crippen LogP contribution < -0.4 is 4.74 Å². The van der Waals surface area contributed by atoms with Crippen LogP contribution in [-0.2, 0) is 11.2 Å². The average Bonchev–Trinajstić information content (AvgIpc) is 3.31. The number of amides is 2. The molecule has 0 bridgehead atoms. The van der Waals surface area contributed by atoms with E-state index in [-0.39, 0.29) is 24.1 Å². The Morgan fingerprint density at radius 3 is 2.21 bits per heavy atom. The minimum atomic E-state index is -0.320. The van der Waals surface area contributed by atoms with E-state index >= 15 is 0 Å². The number of hydrogen-bond donors (Lipinski definition) is 0. The van der Waals surface area contributed by atoms with E-state index in [4.69, 9.17) is 4.74 Å². The maximum atomic E-state index is 13.7. The van der Waals surface area contributed by atoms with Gasteiger partial charge in [0.2, 0.25) is 5.91 Å². The van der Waals surface area contributed by atoms with Crippen LogP contribution in [0.25, 0.3) is 16.9 Å². The van der Waals surface area contributed by atoms with E-state index in [1.54, 1.807) is 24.1 Å². The van der Waals surface area contributed by atoms with Crippen LogP contribution in [0, 0.1) is 12.7 Å². The predicted octanol–water partition coefficient (Wildman–Crippen LogP) is 5.13. The summed E-state index contributed by atoms with van der Waals surface area (Å²) in [6.45, 7) is 3.80. The standard InChI is InChI=1S/C31H30FN3O3/c1-22-28(21-29(24-7-4-3-5-8-24)35(22)26-9-6-10-27(20-26)38-2)31(37)34-17-15-33(16-18-34)30(36)19-23-11-13-25(32)14-12-23/h3-14,20-21H,15-19H2,1-2H3. The second kappa shape index (κ2) is 10.9. The van der Waals surface area contributed by atoms with Crippen molar-refractivity contribution in [2.75, 3.05) is 33.3 Å². The highest BCUT2D eigenvalue weighted by Gasteiger charge is 2.28. The number of aromatic nitrogens is 1. The monoisotopic (exact) mass is 511 g/mol. The molecular weight excluding hydrogens is 481 g/mol. The molecule has 0 radical (unpaired) electrons. The Hall–Kier alpha value is -4.39. The molecule has 4 aromatic rings. The Balaban J connectivity index is 1.36. The van der Waals surface area contributed by atoms with E-state index in [0.29, 0.717) is 31.7 Å². The summed E-state index contributed by atoms with van der Waals surface area (Å²) in [6.07, 6.45) is 0.219. The molecule has 7 heteroatoms. The molecule has 2 amide bonds. The lowest BCUT2D eigenvalue weighted by Crippen LogP contribution is -2.51. The third kappa shape index (κ3) is 5.18. The summed E-state index contributed by atoms with van der Waals surface area (Å²) < 4.78 is 20.7. The Kier molecular flexibility index (Phi) is 7.26. The fourth-order valence-corrected chi connectivity index (χ4v) is 4.94. The first-order chi connectivity index (χ1) is 18.4. The summed E-state index contributed by atoms with van der Waals surface area (Å²) in [7, 11) is 1.64. The molecule has 0 unspecified atom stereocenters. The Labute approximate surface area is 221 Å². The molecule has 0 atom stereocenters. The van der Waals surface area contributed by atoms with Crippen LogP contribution in [0.2, 0.25) is 0 Å². The van der Waals surface area contributed by atoms with Crippen molar-refractivity contribution in [3.05, 3.63) is 108 Å². The van der Waals surface area contributed by atoms with E-state index in [9.17, 15) is 14.0 Å². The number of rotatable bonds is 6. The van der Waals surface area contributed by atoms with E-state index < -0.39 is 0 Å². The minimum absolute atomic E-state index is 0.0181. The van der Waals surface area contributed by atoms with Gasteiger partial charge in [0.05, 0.1) is 24.8 Å². The van der Waals surface area contributed by atoms with E-state index in [1.807, 2.05) is 72.5 Å². The molecule has 194 valence electrons. The molecule has 0 aliphatic carbocycles. The highest BCUT2D eigenvalue weighted by Crippen LogP contribution is 2.31. The van der Waals surface area contributed by atoms with Gasteiger partial charge >= 0.3 is 0 Å². The number of piperazine rings is 1. The van der Waals surface area contributed by atoms with Gasteiger partial charge in [-0.25, -0.2) is 4.39 Å². The summed E-state index contributed by atoms with van der Waals surface area (Å²) >= 11 is 0. The van der Waals surface area contributed by atoms with Gasteiger partial charge in [-0.05, 0) is 48.4 Å². The van der Waals surface area contributed by atoms with Gasteiger partial charge in [0.15, 0.2) is 0 Å². The van der Waals surface area contributed by atoms with Gasteiger partial charge in [0, 0.05) is 43.6 Å². The first kappa shape index (κ1) is 25.3. The molecule has 1 aliphatic heterocycles. The number of nitrogens with zero attached hydrogens (tertiary/aromatic N) is 3. The number of hydrogen-bond acceptors (Lipinski definition) is 3. The lowest BCUT2D eigenvalue weighted by atomic mass is 10.1. The number of halogens is 1. The highest BCUT2D eigenvalue weighted by atomic mass is 19.1. The quantitative estimate of drug-likeness (QED) is 0.361. The van der Waals surface area contributed by atoms with Crippen molar-refractivity contribution in [2.24, 2.45) is 0 Å². The molecule has 1 saturated heterocycles. The predicted molar refractivity (Wildman–Crippen MR) is 145 cm³/mol. The Morgan fingerprint density at radius 1 is 0.842 bits per heavy atom. The molecule has 0 N–H and O–H groups in total. The maximum Gasteiger partial charge on any atom is 0.255 e. The summed E-state index contributed by atoms with van der Waals surface area (Å²) in [5.74, 6) is 0.352. The van der Waals surface area contributed by atoms with Crippen molar-refractivity contribution in [3.8, 4) is 22.7 Å². The van der Waals surface area contributed by atoms with E-state index in [2.05, 4.69) is 4.57 Å². The number of carbonyl (C=O) groups is 2. The minimum Gasteiger partial charge on any atom is -0.497 e. The van der Waals surface area contributed by atoms with Crippen molar-refractivity contribution in [2.45, 2.75) is 13.3 Å². The first-order valence-corrected chi connectivity index (χ1v) is 12.7. The topological polar surface area (TPSA) is 54.8 Å². The molecule has 1 aromatic heterocycles. The van der Waals surface area contributed by atoms with Crippen molar-refractivity contribution in [3.63, 3.8) is 0 Å². The van der Waals surface area contributed by atoms with Crippen LogP contribution in [0.4, 0.5) is 4.39 Å².